The van der Waals surface area contributed by atoms with Gasteiger partial charge in [0.1, 0.15) is 5.82 Å². The predicted molar refractivity (Wildman–Crippen MR) is 73.3 cm³/mol. The summed E-state index contributed by atoms with van der Waals surface area (Å²) in [7, 11) is 0. The van der Waals surface area contributed by atoms with E-state index >= 15 is 0 Å². The number of rotatable bonds is 3. The fraction of sp³-hybridized carbons (Fsp3) is 0.500. The summed E-state index contributed by atoms with van der Waals surface area (Å²) >= 11 is 3.25. The highest BCUT2D eigenvalue weighted by atomic mass is 79.9. The lowest BCUT2D eigenvalue weighted by atomic mass is 10.0. The Kier molecular flexibility index (Phi) is 4.89. The van der Waals surface area contributed by atoms with E-state index in [1.54, 1.807) is 6.07 Å². The smallest absolute Gasteiger partial charge is 0.165 e. The Morgan fingerprint density at radius 1 is 1.39 bits per heavy atom. The Balaban J connectivity index is 2.02. The summed E-state index contributed by atoms with van der Waals surface area (Å²) in [6.07, 6.45) is 5.13. The van der Waals surface area contributed by atoms with Crippen LogP contribution in [0, 0.1) is 5.82 Å². The summed E-state index contributed by atoms with van der Waals surface area (Å²) in [6, 6.07) is 4.49. The molecule has 0 spiro atoms. The van der Waals surface area contributed by atoms with Crippen LogP contribution in [0.4, 0.5) is 4.39 Å². The molecule has 1 N–H and O–H groups in total. The fourth-order valence-corrected chi connectivity index (χ4v) is 2.90. The van der Waals surface area contributed by atoms with Gasteiger partial charge in [-0.05, 0) is 53.5 Å². The Hall–Kier alpha value is -0.740. The van der Waals surface area contributed by atoms with Crippen LogP contribution >= 0.6 is 15.9 Å². The van der Waals surface area contributed by atoms with Gasteiger partial charge in [-0.2, -0.15) is 0 Å². The maximum Gasteiger partial charge on any atom is 0.165 e. The summed E-state index contributed by atoms with van der Waals surface area (Å²) in [5.41, 5.74) is 0.572. The lowest BCUT2D eigenvalue weighted by Crippen LogP contribution is -2.30. The molecular weight excluding hydrogens is 297 g/mol. The van der Waals surface area contributed by atoms with Gasteiger partial charge >= 0.3 is 0 Å². The Bertz CT molecular complexity index is 428. The monoisotopic (exact) mass is 313 g/mol. The van der Waals surface area contributed by atoms with E-state index in [2.05, 4.69) is 21.2 Å². The molecule has 0 radical (unpaired) electrons. The number of Topliss-reactive ketones (excluding diaryl/α,β-unsaturated/α-hetero) is 1. The topological polar surface area (TPSA) is 29.1 Å². The first-order valence-electron chi connectivity index (χ1n) is 6.38. The first kappa shape index (κ1) is 13.7. The average molecular weight is 314 g/mol. The van der Waals surface area contributed by atoms with E-state index < -0.39 is 0 Å². The van der Waals surface area contributed by atoms with Gasteiger partial charge < -0.3 is 5.32 Å². The molecule has 0 aliphatic carbocycles. The second-order valence-electron chi connectivity index (χ2n) is 4.75. The highest BCUT2D eigenvalue weighted by Crippen LogP contribution is 2.21. The minimum absolute atomic E-state index is 0.0706. The molecule has 0 amide bonds. The van der Waals surface area contributed by atoms with Crippen LogP contribution in [0.2, 0.25) is 0 Å². The van der Waals surface area contributed by atoms with E-state index in [-0.39, 0.29) is 17.6 Å². The number of benzene rings is 1. The minimum Gasteiger partial charge on any atom is -0.314 e. The largest absolute Gasteiger partial charge is 0.314 e. The summed E-state index contributed by atoms with van der Waals surface area (Å²) in [4.78, 5) is 12.2. The van der Waals surface area contributed by atoms with Crippen LogP contribution in [0.25, 0.3) is 0 Å². The molecule has 2 rings (SSSR count). The van der Waals surface area contributed by atoms with Crippen LogP contribution in [0.3, 0.4) is 0 Å². The van der Waals surface area contributed by atoms with Crippen molar-refractivity contribution in [2.24, 2.45) is 0 Å². The van der Waals surface area contributed by atoms with Gasteiger partial charge in [0, 0.05) is 22.5 Å². The van der Waals surface area contributed by atoms with E-state index in [4.69, 9.17) is 0 Å². The van der Waals surface area contributed by atoms with Gasteiger partial charge in [-0.25, -0.2) is 4.39 Å². The molecule has 0 aromatic heterocycles. The van der Waals surface area contributed by atoms with Gasteiger partial charge in [-0.3, -0.25) is 4.79 Å². The molecule has 2 nitrogen and oxygen atoms in total. The first-order valence-corrected chi connectivity index (χ1v) is 7.18. The average Bonchev–Trinajstić information content (AvgIpc) is 2.57. The number of carbonyl (C=O) groups excluding carboxylic acids is 1. The van der Waals surface area contributed by atoms with Crippen molar-refractivity contribution in [3.05, 3.63) is 34.1 Å². The maximum atomic E-state index is 13.0. The molecule has 18 heavy (non-hydrogen) atoms. The molecule has 0 bridgehead atoms. The van der Waals surface area contributed by atoms with Crippen LogP contribution in [0.5, 0.6) is 0 Å². The second-order valence-corrected chi connectivity index (χ2v) is 5.61. The van der Waals surface area contributed by atoms with E-state index in [1.807, 2.05) is 0 Å². The van der Waals surface area contributed by atoms with Crippen molar-refractivity contribution in [3.8, 4) is 0 Å². The van der Waals surface area contributed by atoms with Gasteiger partial charge in [-0.1, -0.05) is 12.8 Å². The van der Waals surface area contributed by atoms with Crippen LogP contribution in [-0.2, 0) is 0 Å². The lowest BCUT2D eigenvalue weighted by molar-refractivity contribution is 0.0967. The molecule has 1 unspecified atom stereocenters. The van der Waals surface area contributed by atoms with Gasteiger partial charge in [-0.15, -0.1) is 0 Å². The number of halogens is 2. The van der Waals surface area contributed by atoms with Crippen molar-refractivity contribution in [2.75, 3.05) is 6.54 Å². The molecule has 4 heteroatoms. The standard InChI is InChI=1S/C14H17BrFNO/c15-13-8-10(16)5-6-12(13)14(18)9-11-4-2-1-3-7-17-11/h5-6,8,11,17H,1-4,7,9H2. The highest BCUT2D eigenvalue weighted by molar-refractivity contribution is 9.10. The predicted octanol–water partition coefficient (Wildman–Crippen LogP) is 3.69. The van der Waals surface area contributed by atoms with E-state index in [0.717, 1.165) is 13.0 Å². The van der Waals surface area contributed by atoms with E-state index in [1.165, 1.54) is 31.4 Å². The summed E-state index contributed by atoms with van der Waals surface area (Å²) in [5, 5.41) is 3.40. The fourth-order valence-electron chi connectivity index (χ4n) is 2.32. The molecular formula is C14H17BrFNO. The van der Waals surface area contributed by atoms with Gasteiger partial charge in [0.2, 0.25) is 0 Å². The molecule has 1 aliphatic rings. The number of hydrogen-bond acceptors (Lipinski definition) is 2. The third-order valence-electron chi connectivity index (χ3n) is 3.33. The Morgan fingerprint density at radius 3 is 3.00 bits per heavy atom. The molecule has 1 saturated heterocycles. The number of carbonyl (C=O) groups is 1. The Labute approximate surface area is 115 Å². The lowest BCUT2D eigenvalue weighted by Gasteiger charge is -2.15. The SMILES string of the molecule is O=C(CC1CCCCCN1)c1ccc(F)cc1Br. The first-order chi connectivity index (χ1) is 8.66. The van der Waals surface area contributed by atoms with Crippen molar-refractivity contribution in [1.82, 2.24) is 5.32 Å². The van der Waals surface area contributed by atoms with Crippen LogP contribution in [-0.4, -0.2) is 18.4 Å². The van der Waals surface area contributed by atoms with E-state index in [9.17, 15) is 9.18 Å². The van der Waals surface area contributed by atoms with Crippen LogP contribution < -0.4 is 5.32 Å². The van der Waals surface area contributed by atoms with Crippen molar-refractivity contribution >= 4 is 21.7 Å². The van der Waals surface area contributed by atoms with Crippen molar-refractivity contribution in [2.45, 2.75) is 38.1 Å². The zero-order valence-corrected chi connectivity index (χ0v) is 11.8. The second kappa shape index (κ2) is 6.43. The summed E-state index contributed by atoms with van der Waals surface area (Å²) < 4.78 is 13.5. The zero-order valence-electron chi connectivity index (χ0n) is 10.2. The molecule has 1 aromatic rings. The van der Waals surface area contributed by atoms with E-state index in [0.29, 0.717) is 16.5 Å². The summed E-state index contributed by atoms with van der Waals surface area (Å²) in [6.45, 7) is 0.989. The normalized spacial score (nSPS) is 20.4. The quantitative estimate of drug-likeness (QED) is 0.862. The van der Waals surface area contributed by atoms with Crippen molar-refractivity contribution in [1.29, 1.82) is 0 Å². The van der Waals surface area contributed by atoms with Crippen molar-refractivity contribution in [3.63, 3.8) is 0 Å². The Morgan fingerprint density at radius 2 is 2.22 bits per heavy atom. The highest BCUT2D eigenvalue weighted by Gasteiger charge is 2.18. The summed E-state index contributed by atoms with van der Waals surface area (Å²) in [5.74, 6) is -0.257. The maximum absolute atomic E-state index is 13.0. The third-order valence-corrected chi connectivity index (χ3v) is 3.98. The molecule has 1 heterocycles. The number of hydrogen-bond donors (Lipinski definition) is 1. The van der Waals surface area contributed by atoms with Crippen LogP contribution in [0.1, 0.15) is 42.5 Å². The molecule has 1 atom stereocenters. The molecule has 1 aromatic carbocycles. The third kappa shape index (κ3) is 3.62. The molecule has 0 saturated carbocycles. The molecule has 98 valence electrons. The molecule has 1 aliphatic heterocycles. The minimum atomic E-state index is -0.328. The molecule has 1 fully saturated rings. The zero-order chi connectivity index (χ0) is 13.0. The number of nitrogens with one attached hydrogen (secondary N) is 1. The van der Waals surface area contributed by atoms with Gasteiger partial charge in [0.05, 0.1) is 0 Å². The number of ketones is 1. The van der Waals surface area contributed by atoms with Gasteiger partial charge in [0.25, 0.3) is 0 Å². The van der Waals surface area contributed by atoms with Crippen molar-refractivity contribution < 1.29 is 9.18 Å². The van der Waals surface area contributed by atoms with Gasteiger partial charge in [0.15, 0.2) is 5.78 Å². The van der Waals surface area contributed by atoms with Crippen LogP contribution in [0.15, 0.2) is 22.7 Å².